The quantitative estimate of drug-likeness (QED) is 0.689. The van der Waals surface area contributed by atoms with Crippen LogP contribution in [0.25, 0.3) is 0 Å². The van der Waals surface area contributed by atoms with E-state index in [1.165, 1.54) is 0 Å². The van der Waals surface area contributed by atoms with Crippen molar-refractivity contribution in [1.82, 2.24) is 4.98 Å². The molecule has 1 unspecified atom stereocenters. The number of nitrogens with zero attached hydrogens (tertiary/aromatic N) is 1. The van der Waals surface area contributed by atoms with Gasteiger partial charge in [-0.05, 0) is 19.1 Å². The van der Waals surface area contributed by atoms with Gasteiger partial charge in [-0.1, -0.05) is 12.1 Å². The zero-order valence-corrected chi connectivity index (χ0v) is 7.33. The van der Waals surface area contributed by atoms with Gasteiger partial charge in [-0.2, -0.15) is 0 Å². The second-order valence-corrected chi connectivity index (χ2v) is 2.84. The third-order valence-corrected chi connectivity index (χ3v) is 1.65. The number of rotatable bonds is 3. The lowest BCUT2D eigenvalue weighted by atomic mass is 10.2. The van der Waals surface area contributed by atoms with Gasteiger partial charge in [-0.15, -0.1) is 6.58 Å². The van der Waals surface area contributed by atoms with Crippen LogP contribution in [0.4, 0.5) is 0 Å². The van der Waals surface area contributed by atoms with Crippen molar-refractivity contribution < 1.29 is 0 Å². The Balaban J connectivity index is 2.87. The molecule has 2 N–H and O–H groups in total. The van der Waals surface area contributed by atoms with Crippen LogP contribution >= 0.6 is 0 Å². The molecule has 0 bridgehead atoms. The van der Waals surface area contributed by atoms with Crippen LogP contribution in [-0.4, -0.2) is 4.98 Å². The molecule has 0 amide bonds. The fraction of sp³-hybridized carbons (Fsp3) is 0.300. The normalized spacial score (nSPS) is 12.5. The Bertz CT molecular complexity index is 266. The van der Waals surface area contributed by atoms with Crippen molar-refractivity contribution in [3.05, 3.63) is 42.2 Å². The standard InChI is InChI=1S/C10H14N2/c1-3-5-9-6-4-7-10(12-9)8(2)11/h3-4,6-8H,1,5,11H2,2H3. The van der Waals surface area contributed by atoms with Gasteiger partial charge in [0.2, 0.25) is 0 Å². The molecule has 0 aromatic carbocycles. The summed E-state index contributed by atoms with van der Waals surface area (Å²) in [6, 6.07) is 5.91. The molecule has 0 spiro atoms. The van der Waals surface area contributed by atoms with Crippen molar-refractivity contribution in [1.29, 1.82) is 0 Å². The van der Waals surface area contributed by atoms with Crippen LogP contribution < -0.4 is 5.73 Å². The van der Waals surface area contributed by atoms with E-state index < -0.39 is 0 Å². The number of hydrogen-bond donors (Lipinski definition) is 1. The molecule has 0 radical (unpaired) electrons. The summed E-state index contributed by atoms with van der Waals surface area (Å²) >= 11 is 0. The number of pyridine rings is 1. The van der Waals surface area contributed by atoms with Gasteiger partial charge in [0.25, 0.3) is 0 Å². The third-order valence-electron chi connectivity index (χ3n) is 1.65. The summed E-state index contributed by atoms with van der Waals surface area (Å²) in [5, 5.41) is 0. The molecule has 1 rings (SSSR count). The van der Waals surface area contributed by atoms with Gasteiger partial charge < -0.3 is 5.73 Å². The Kier molecular flexibility index (Phi) is 3.00. The van der Waals surface area contributed by atoms with E-state index in [1.807, 2.05) is 31.2 Å². The highest BCUT2D eigenvalue weighted by Gasteiger charge is 2.00. The highest BCUT2D eigenvalue weighted by Crippen LogP contribution is 2.07. The molecule has 0 fully saturated rings. The van der Waals surface area contributed by atoms with Gasteiger partial charge >= 0.3 is 0 Å². The monoisotopic (exact) mass is 162 g/mol. The van der Waals surface area contributed by atoms with E-state index in [1.54, 1.807) is 0 Å². The first-order valence-corrected chi connectivity index (χ1v) is 4.06. The van der Waals surface area contributed by atoms with Crippen LogP contribution in [0.5, 0.6) is 0 Å². The molecule has 0 aliphatic heterocycles. The summed E-state index contributed by atoms with van der Waals surface area (Å²) in [5.74, 6) is 0. The molecule has 1 aromatic heterocycles. The average Bonchev–Trinajstić information content (AvgIpc) is 2.05. The van der Waals surface area contributed by atoms with Crippen molar-refractivity contribution >= 4 is 0 Å². The smallest absolute Gasteiger partial charge is 0.0571 e. The lowest BCUT2D eigenvalue weighted by Gasteiger charge is -2.05. The van der Waals surface area contributed by atoms with E-state index in [9.17, 15) is 0 Å². The Morgan fingerprint density at radius 2 is 2.42 bits per heavy atom. The molecule has 0 aliphatic rings. The van der Waals surface area contributed by atoms with Crippen LogP contribution in [0.3, 0.4) is 0 Å². The molecule has 12 heavy (non-hydrogen) atoms. The second kappa shape index (κ2) is 4.02. The summed E-state index contributed by atoms with van der Waals surface area (Å²) in [4.78, 5) is 4.37. The van der Waals surface area contributed by atoms with Crippen LogP contribution in [0.1, 0.15) is 24.4 Å². The molecule has 2 nitrogen and oxygen atoms in total. The van der Waals surface area contributed by atoms with Crippen molar-refractivity contribution in [3.8, 4) is 0 Å². The number of allylic oxidation sites excluding steroid dienone is 1. The maximum Gasteiger partial charge on any atom is 0.0571 e. The van der Waals surface area contributed by atoms with Crippen molar-refractivity contribution in [3.63, 3.8) is 0 Å². The third kappa shape index (κ3) is 2.17. The van der Waals surface area contributed by atoms with E-state index in [4.69, 9.17) is 5.73 Å². The molecular formula is C10H14N2. The van der Waals surface area contributed by atoms with E-state index in [0.717, 1.165) is 17.8 Å². The SMILES string of the molecule is C=CCc1cccc(C(C)N)n1. The first kappa shape index (κ1) is 8.94. The maximum absolute atomic E-state index is 5.69. The van der Waals surface area contributed by atoms with Crippen molar-refractivity contribution in [2.75, 3.05) is 0 Å². The molecular weight excluding hydrogens is 148 g/mol. The Labute approximate surface area is 73.1 Å². The zero-order chi connectivity index (χ0) is 8.97. The molecule has 64 valence electrons. The largest absolute Gasteiger partial charge is 0.323 e. The van der Waals surface area contributed by atoms with Gasteiger partial charge in [0.1, 0.15) is 0 Å². The van der Waals surface area contributed by atoms with Gasteiger partial charge in [-0.3, -0.25) is 4.98 Å². The van der Waals surface area contributed by atoms with Crippen molar-refractivity contribution in [2.24, 2.45) is 5.73 Å². The summed E-state index contributed by atoms with van der Waals surface area (Å²) in [6.45, 7) is 5.59. The molecule has 0 aliphatic carbocycles. The lowest BCUT2D eigenvalue weighted by molar-refractivity contribution is 0.772. The Morgan fingerprint density at radius 1 is 1.67 bits per heavy atom. The van der Waals surface area contributed by atoms with E-state index in [0.29, 0.717) is 0 Å². The van der Waals surface area contributed by atoms with Gasteiger partial charge in [-0.25, -0.2) is 0 Å². The predicted octanol–water partition coefficient (Wildman–Crippen LogP) is 1.83. The minimum Gasteiger partial charge on any atom is -0.323 e. The summed E-state index contributed by atoms with van der Waals surface area (Å²) in [7, 11) is 0. The minimum atomic E-state index is 0.00904. The van der Waals surface area contributed by atoms with Crippen molar-refractivity contribution in [2.45, 2.75) is 19.4 Å². The molecule has 1 atom stereocenters. The van der Waals surface area contributed by atoms with Gasteiger partial charge in [0.05, 0.1) is 5.69 Å². The summed E-state index contributed by atoms with van der Waals surface area (Å²) in [5.41, 5.74) is 7.66. The maximum atomic E-state index is 5.69. The predicted molar refractivity (Wildman–Crippen MR) is 50.7 cm³/mol. The first-order valence-electron chi connectivity index (χ1n) is 4.06. The van der Waals surface area contributed by atoms with E-state index in [2.05, 4.69) is 11.6 Å². The fourth-order valence-corrected chi connectivity index (χ4v) is 1.01. The Morgan fingerprint density at radius 3 is 3.00 bits per heavy atom. The second-order valence-electron chi connectivity index (χ2n) is 2.84. The van der Waals surface area contributed by atoms with Crippen LogP contribution in [0.2, 0.25) is 0 Å². The van der Waals surface area contributed by atoms with E-state index >= 15 is 0 Å². The molecule has 0 saturated heterocycles. The average molecular weight is 162 g/mol. The zero-order valence-electron chi connectivity index (χ0n) is 7.33. The van der Waals surface area contributed by atoms with E-state index in [-0.39, 0.29) is 6.04 Å². The first-order chi connectivity index (χ1) is 5.74. The molecule has 1 heterocycles. The van der Waals surface area contributed by atoms with Crippen LogP contribution in [0.15, 0.2) is 30.9 Å². The minimum absolute atomic E-state index is 0.00904. The highest BCUT2D eigenvalue weighted by molar-refractivity contribution is 5.15. The molecule has 1 aromatic rings. The van der Waals surface area contributed by atoms with Gasteiger partial charge in [0.15, 0.2) is 0 Å². The number of aromatic nitrogens is 1. The molecule has 0 saturated carbocycles. The number of nitrogens with two attached hydrogens (primary N) is 1. The number of hydrogen-bond acceptors (Lipinski definition) is 2. The summed E-state index contributed by atoms with van der Waals surface area (Å²) in [6.07, 6.45) is 2.65. The van der Waals surface area contributed by atoms with Crippen LogP contribution in [0, 0.1) is 0 Å². The van der Waals surface area contributed by atoms with Gasteiger partial charge in [0, 0.05) is 18.2 Å². The topological polar surface area (TPSA) is 38.9 Å². The lowest BCUT2D eigenvalue weighted by Crippen LogP contribution is -2.08. The highest BCUT2D eigenvalue weighted by atomic mass is 14.8. The van der Waals surface area contributed by atoms with Crippen LogP contribution in [-0.2, 0) is 6.42 Å². The summed E-state index contributed by atoms with van der Waals surface area (Å²) < 4.78 is 0. The molecule has 2 heteroatoms. The fourth-order valence-electron chi connectivity index (χ4n) is 1.01. The Hall–Kier alpha value is -1.15.